The molecule has 0 unspecified atom stereocenters. The average molecular weight is 241 g/mol. The molecule has 2 nitrogen and oxygen atoms in total. The van der Waals surface area contributed by atoms with Gasteiger partial charge in [0.2, 0.25) is 0 Å². The fraction of sp³-hybridized carbons (Fsp3) is 0.462. The lowest BCUT2D eigenvalue weighted by Crippen LogP contribution is -2.24. The van der Waals surface area contributed by atoms with E-state index >= 15 is 0 Å². The third-order valence-electron chi connectivity index (χ3n) is 2.62. The third kappa shape index (κ3) is 5.04. The first-order valence-corrected chi connectivity index (χ1v) is 5.61. The van der Waals surface area contributed by atoms with Gasteiger partial charge in [0.1, 0.15) is 17.4 Å². The van der Waals surface area contributed by atoms with Crippen molar-refractivity contribution in [3.8, 4) is 0 Å². The molecule has 0 bridgehead atoms. The molecule has 0 spiro atoms. The van der Waals surface area contributed by atoms with Gasteiger partial charge in [-0.15, -0.1) is 0 Å². The molecule has 0 aliphatic carbocycles. The summed E-state index contributed by atoms with van der Waals surface area (Å²) in [6.45, 7) is 2.86. The van der Waals surface area contributed by atoms with Crippen LogP contribution in [0, 0.1) is 11.6 Å². The summed E-state index contributed by atoms with van der Waals surface area (Å²) < 4.78 is 26.0. The van der Waals surface area contributed by atoms with Crippen LogP contribution in [0.4, 0.5) is 8.78 Å². The van der Waals surface area contributed by atoms with Gasteiger partial charge in [0.25, 0.3) is 0 Å². The Morgan fingerprint density at radius 1 is 1.29 bits per heavy atom. The highest BCUT2D eigenvalue weighted by atomic mass is 19.1. The zero-order valence-corrected chi connectivity index (χ0v) is 10.2. The summed E-state index contributed by atoms with van der Waals surface area (Å²) in [7, 11) is 1.88. The van der Waals surface area contributed by atoms with Crippen LogP contribution < -0.4 is 0 Å². The summed E-state index contributed by atoms with van der Waals surface area (Å²) in [4.78, 5) is 12.7. The maximum absolute atomic E-state index is 13.3. The van der Waals surface area contributed by atoms with Crippen LogP contribution in [-0.2, 0) is 11.2 Å². The minimum atomic E-state index is -0.559. The molecule has 0 radical (unpaired) electrons. The maximum atomic E-state index is 13.3. The van der Waals surface area contributed by atoms with Gasteiger partial charge in [0.05, 0.1) is 0 Å². The number of hydrogen-bond donors (Lipinski definition) is 0. The van der Waals surface area contributed by atoms with Crippen molar-refractivity contribution in [1.82, 2.24) is 4.90 Å². The minimum Gasteiger partial charge on any atom is -0.306 e. The lowest BCUT2D eigenvalue weighted by atomic mass is 10.1. The molecule has 0 N–H and O–H groups in total. The zero-order valence-electron chi connectivity index (χ0n) is 10.2. The first-order valence-electron chi connectivity index (χ1n) is 5.61. The molecule has 4 heteroatoms. The molecule has 0 saturated heterocycles. The highest BCUT2D eigenvalue weighted by Crippen LogP contribution is 2.10. The molecule has 94 valence electrons. The number of Topliss-reactive ketones (excluding diaryl/α,β-unsaturated/α-hetero) is 1. The number of ketones is 1. The molecule has 0 aliphatic heterocycles. The molecule has 0 saturated carbocycles. The molecular formula is C13H17F2NO. The van der Waals surface area contributed by atoms with Gasteiger partial charge in [-0.2, -0.15) is 0 Å². The Morgan fingerprint density at radius 2 is 2.00 bits per heavy atom. The van der Waals surface area contributed by atoms with Gasteiger partial charge in [0.15, 0.2) is 0 Å². The van der Waals surface area contributed by atoms with E-state index in [1.54, 1.807) is 6.92 Å². The molecule has 0 fully saturated rings. The van der Waals surface area contributed by atoms with Crippen LogP contribution >= 0.6 is 0 Å². The normalized spacial score (nSPS) is 10.9. The monoisotopic (exact) mass is 241 g/mol. The van der Waals surface area contributed by atoms with Crippen molar-refractivity contribution in [1.29, 1.82) is 0 Å². The van der Waals surface area contributed by atoms with Gasteiger partial charge in [0, 0.05) is 25.6 Å². The number of likely N-dealkylation sites (N-methyl/N-ethyl adjacent to an activating group) is 1. The Hall–Kier alpha value is -1.29. The van der Waals surface area contributed by atoms with Crippen LogP contribution in [-0.4, -0.2) is 30.8 Å². The molecular weight excluding hydrogens is 224 g/mol. The van der Waals surface area contributed by atoms with Gasteiger partial charge in [-0.1, -0.05) is 6.07 Å². The number of rotatable bonds is 6. The number of carbonyl (C=O) groups is 1. The first-order chi connectivity index (χ1) is 7.99. The molecule has 0 atom stereocenters. The number of carbonyl (C=O) groups excluding carboxylic acids is 1. The van der Waals surface area contributed by atoms with Crippen molar-refractivity contribution in [2.45, 2.75) is 19.8 Å². The highest BCUT2D eigenvalue weighted by Gasteiger charge is 2.06. The van der Waals surface area contributed by atoms with Gasteiger partial charge in [-0.05, 0) is 32.0 Å². The second kappa shape index (κ2) is 6.45. The van der Waals surface area contributed by atoms with Crippen LogP contribution in [0.2, 0.25) is 0 Å². The summed E-state index contributed by atoms with van der Waals surface area (Å²) in [6, 6.07) is 3.61. The number of nitrogens with zero attached hydrogens (tertiary/aromatic N) is 1. The molecule has 0 amide bonds. The second-order valence-corrected chi connectivity index (χ2v) is 4.24. The van der Waals surface area contributed by atoms with Crippen molar-refractivity contribution >= 4 is 5.78 Å². The van der Waals surface area contributed by atoms with E-state index < -0.39 is 11.6 Å². The van der Waals surface area contributed by atoms with E-state index in [0.29, 0.717) is 31.5 Å². The van der Waals surface area contributed by atoms with E-state index in [-0.39, 0.29) is 5.78 Å². The number of benzene rings is 1. The zero-order chi connectivity index (χ0) is 12.8. The molecule has 0 aromatic heterocycles. The summed E-state index contributed by atoms with van der Waals surface area (Å²) in [5.41, 5.74) is 0.501. The molecule has 1 aromatic rings. The fourth-order valence-electron chi connectivity index (χ4n) is 1.50. The van der Waals surface area contributed by atoms with Gasteiger partial charge < -0.3 is 4.90 Å². The number of hydrogen-bond acceptors (Lipinski definition) is 2. The summed E-state index contributed by atoms with van der Waals surface area (Å²) in [5, 5.41) is 0. The average Bonchev–Trinajstić information content (AvgIpc) is 2.25. The smallest absolute Gasteiger partial charge is 0.131 e. The molecule has 17 heavy (non-hydrogen) atoms. The number of halogens is 2. The Kier molecular flexibility index (Phi) is 5.22. The van der Waals surface area contributed by atoms with Crippen molar-refractivity contribution in [3.05, 3.63) is 35.4 Å². The van der Waals surface area contributed by atoms with E-state index in [1.807, 2.05) is 11.9 Å². The lowest BCUT2D eigenvalue weighted by molar-refractivity contribution is -0.117. The van der Waals surface area contributed by atoms with Crippen molar-refractivity contribution in [2.75, 3.05) is 20.1 Å². The molecule has 0 aliphatic rings. The van der Waals surface area contributed by atoms with E-state index in [9.17, 15) is 13.6 Å². The standard InChI is InChI=1S/C13H17F2NO/c1-10(17)5-7-16(2)8-6-11-3-4-12(14)9-13(11)15/h3-4,9H,5-8H2,1-2H3. The summed E-state index contributed by atoms with van der Waals surface area (Å²) in [6.07, 6.45) is 1.02. The largest absolute Gasteiger partial charge is 0.306 e. The SMILES string of the molecule is CC(=O)CCN(C)CCc1ccc(F)cc1F. The Balaban J connectivity index is 2.41. The van der Waals surface area contributed by atoms with Crippen LogP contribution in [0.1, 0.15) is 18.9 Å². The Morgan fingerprint density at radius 3 is 2.59 bits per heavy atom. The van der Waals surface area contributed by atoms with Crippen molar-refractivity contribution in [2.24, 2.45) is 0 Å². The summed E-state index contributed by atoms with van der Waals surface area (Å²) in [5.74, 6) is -0.925. The highest BCUT2D eigenvalue weighted by molar-refractivity contribution is 5.75. The second-order valence-electron chi connectivity index (χ2n) is 4.24. The molecule has 1 aromatic carbocycles. The van der Waals surface area contributed by atoms with Crippen LogP contribution in [0.5, 0.6) is 0 Å². The van der Waals surface area contributed by atoms with Gasteiger partial charge in [-0.3, -0.25) is 4.79 Å². The third-order valence-corrected chi connectivity index (χ3v) is 2.62. The van der Waals surface area contributed by atoms with Crippen LogP contribution in [0.25, 0.3) is 0 Å². The first kappa shape index (κ1) is 13.8. The Bertz CT molecular complexity index is 393. The van der Waals surface area contributed by atoms with E-state index in [0.717, 1.165) is 6.07 Å². The van der Waals surface area contributed by atoms with Crippen LogP contribution in [0.15, 0.2) is 18.2 Å². The maximum Gasteiger partial charge on any atom is 0.131 e. The van der Waals surface area contributed by atoms with Crippen molar-refractivity contribution in [3.63, 3.8) is 0 Å². The Labute approximate surface area is 100 Å². The quantitative estimate of drug-likeness (QED) is 0.762. The molecule has 1 rings (SSSR count). The predicted molar refractivity (Wildman–Crippen MR) is 62.9 cm³/mol. The van der Waals surface area contributed by atoms with Gasteiger partial charge in [-0.25, -0.2) is 8.78 Å². The predicted octanol–water partition coefficient (Wildman–Crippen LogP) is 2.42. The molecule has 0 heterocycles. The van der Waals surface area contributed by atoms with Crippen LogP contribution in [0.3, 0.4) is 0 Å². The fourth-order valence-corrected chi connectivity index (χ4v) is 1.50. The van der Waals surface area contributed by atoms with E-state index in [4.69, 9.17) is 0 Å². The minimum absolute atomic E-state index is 0.143. The summed E-state index contributed by atoms with van der Waals surface area (Å²) >= 11 is 0. The topological polar surface area (TPSA) is 20.3 Å². The van der Waals surface area contributed by atoms with E-state index in [1.165, 1.54) is 12.1 Å². The lowest BCUT2D eigenvalue weighted by Gasteiger charge is -2.15. The van der Waals surface area contributed by atoms with Crippen molar-refractivity contribution < 1.29 is 13.6 Å². The van der Waals surface area contributed by atoms with E-state index in [2.05, 4.69) is 0 Å². The van der Waals surface area contributed by atoms with Gasteiger partial charge >= 0.3 is 0 Å².